The van der Waals surface area contributed by atoms with E-state index >= 15 is 0 Å². The van der Waals surface area contributed by atoms with E-state index in [-0.39, 0.29) is 11.6 Å². The van der Waals surface area contributed by atoms with Crippen LogP contribution in [0.4, 0.5) is 0 Å². The van der Waals surface area contributed by atoms with Crippen molar-refractivity contribution in [1.29, 1.82) is 0 Å². The molecule has 0 saturated heterocycles. The molecular formula is C18H17N5O2S2. The predicted octanol–water partition coefficient (Wildman–Crippen LogP) is 4.11. The van der Waals surface area contributed by atoms with E-state index in [0.717, 1.165) is 16.3 Å². The van der Waals surface area contributed by atoms with Crippen LogP contribution in [0.25, 0.3) is 22.2 Å². The van der Waals surface area contributed by atoms with Crippen molar-refractivity contribution in [2.75, 3.05) is 0 Å². The zero-order valence-electron chi connectivity index (χ0n) is 14.7. The molecule has 7 nitrogen and oxygen atoms in total. The highest BCUT2D eigenvalue weighted by atomic mass is 32.1. The Labute approximate surface area is 165 Å². The summed E-state index contributed by atoms with van der Waals surface area (Å²) in [7, 11) is 0. The van der Waals surface area contributed by atoms with Gasteiger partial charge in [-0.25, -0.2) is 0 Å². The van der Waals surface area contributed by atoms with Gasteiger partial charge in [0.2, 0.25) is 0 Å². The first kappa shape index (κ1) is 17.7. The molecule has 3 aromatic heterocycles. The molecule has 3 heterocycles. The van der Waals surface area contributed by atoms with Gasteiger partial charge in [0.25, 0.3) is 5.89 Å². The van der Waals surface area contributed by atoms with E-state index in [0.29, 0.717) is 23.8 Å². The van der Waals surface area contributed by atoms with Crippen molar-refractivity contribution in [1.82, 2.24) is 24.9 Å². The first-order chi connectivity index (χ1) is 13.1. The number of phenolic OH excluding ortho intramolecular Hbond substituents is 1. The van der Waals surface area contributed by atoms with Crippen molar-refractivity contribution >= 4 is 24.0 Å². The average molecular weight is 400 g/mol. The van der Waals surface area contributed by atoms with E-state index in [9.17, 15) is 5.11 Å². The van der Waals surface area contributed by atoms with Gasteiger partial charge in [-0.1, -0.05) is 22.9 Å². The van der Waals surface area contributed by atoms with Gasteiger partial charge in [-0.3, -0.25) is 0 Å². The van der Waals surface area contributed by atoms with Crippen LogP contribution < -0.4 is 0 Å². The second kappa shape index (κ2) is 7.16. The molecule has 0 saturated carbocycles. The van der Waals surface area contributed by atoms with Crippen LogP contribution in [0.2, 0.25) is 0 Å². The lowest BCUT2D eigenvalue weighted by Crippen LogP contribution is -2.07. The molecule has 1 atom stereocenters. The van der Waals surface area contributed by atoms with Crippen LogP contribution in [0.15, 0.2) is 40.2 Å². The van der Waals surface area contributed by atoms with E-state index in [1.807, 2.05) is 42.0 Å². The van der Waals surface area contributed by atoms with Gasteiger partial charge >= 0.3 is 0 Å². The predicted molar refractivity (Wildman–Crippen MR) is 106 cm³/mol. The van der Waals surface area contributed by atoms with E-state index in [1.54, 1.807) is 23.5 Å². The highest BCUT2D eigenvalue weighted by molar-refractivity contribution is 7.80. The van der Waals surface area contributed by atoms with Gasteiger partial charge in [0, 0.05) is 6.54 Å². The van der Waals surface area contributed by atoms with Gasteiger partial charge in [-0.2, -0.15) is 17.6 Å². The van der Waals surface area contributed by atoms with Crippen LogP contribution in [0, 0.1) is 6.92 Å². The van der Waals surface area contributed by atoms with Crippen LogP contribution in [0.3, 0.4) is 0 Å². The van der Waals surface area contributed by atoms with Gasteiger partial charge in [-0.05, 0) is 37.4 Å². The molecule has 4 rings (SSSR count). The molecule has 0 radical (unpaired) electrons. The Morgan fingerprint density at radius 1 is 1.30 bits per heavy atom. The second-order valence-electron chi connectivity index (χ2n) is 5.98. The number of rotatable bonds is 5. The van der Waals surface area contributed by atoms with Crippen molar-refractivity contribution in [3.05, 3.63) is 52.9 Å². The lowest BCUT2D eigenvalue weighted by atomic mass is 10.1. The molecule has 4 aromatic rings. The lowest BCUT2D eigenvalue weighted by molar-refractivity contribution is 0.417. The SMILES string of the molecule is CCn1c(-c2cccs2)nnc1C(S)c1noc(-c2cc(C)ccc2O)n1. The molecule has 1 unspecified atom stereocenters. The van der Waals surface area contributed by atoms with Crippen molar-refractivity contribution < 1.29 is 9.63 Å². The molecule has 0 bridgehead atoms. The third kappa shape index (κ3) is 3.24. The Balaban J connectivity index is 1.69. The summed E-state index contributed by atoms with van der Waals surface area (Å²) in [6.45, 7) is 4.64. The van der Waals surface area contributed by atoms with Crippen LogP contribution in [-0.2, 0) is 6.54 Å². The maximum absolute atomic E-state index is 10.1. The number of aromatic nitrogens is 5. The molecule has 1 aromatic carbocycles. The van der Waals surface area contributed by atoms with Crippen molar-refractivity contribution in [2.45, 2.75) is 25.6 Å². The van der Waals surface area contributed by atoms with Gasteiger partial charge < -0.3 is 14.2 Å². The Bertz CT molecular complexity index is 1070. The van der Waals surface area contributed by atoms with Gasteiger partial charge in [0.15, 0.2) is 17.5 Å². The molecule has 0 aliphatic carbocycles. The Hall–Kier alpha value is -2.65. The molecule has 27 heavy (non-hydrogen) atoms. The second-order valence-corrected chi connectivity index (χ2v) is 7.45. The molecule has 138 valence electrons. The lowest BCUT2D eigenvalue weighted by Gasteiger charge is -2.09. The summed E-state index contributed by atoms with van der Waals surface area (Å²) in [5.41, 5.74) is 1.47. The first-order valence-corrected chi connectivity index (χ1v) is 9.76. The highest BCUT2D eigenvalue weighted by Crippen LogP contribution is 2.33. The summed E-state index contributed by atoms with van der Waals surface area (Å²) in [5, 5.41) is 24.2. The number of hydrogen-bond acceptors (Lipinski definition) is 8. The van der Waals surface area contributed by atoms with Crippen LogP contribution in [0.1, 0.15) is 29.4 Å². The van der Waals surface area contributed by atoms with Crippen LogP contribution >= 0.6 is 24.0 Å². The number of aryl methyl sites for hydroxylation is 1. The summed E-state index contributed by atoms with van der Waals surface area (Å²) in [5.74, 6) is 2.13. The Kier molecular flexibility index (Phi) is 4.71. The van der Waals surface area contributed by atoms with Crippen molar-refractivity contribution in [3.63, 3.8) is 0 Å². The number of aromatic hydroxyl groups is 1. The third-order valence-corrected chi connectivity index (χ3v) is 5.48. The van der Waals surface area contributed by atoms with Gasteiger partial charge in [0.1, 0.15) is 11.0 Å². The Morgan fingerprint density at radius 2 is 2.15 bits per heavy atom. The zero-order valence-corrected chi connectivity index (χ0v) is 16.4. The zero-order chi connectivity index (χ0) is 19.0. The third-order valence-electron chi connectivity index (χ3n) is 4.15. The maximum Gasteiger partial charge on any atom is 0.261 e. The largest absolute Gasteiger partial charge is 0.507 e. The number of thiol groups is 1. The van der Waals surface area contributed by atoms with Crippen LogP contribution in [-0.4, -0.2) is 30.0 Å². The first-order valence-electron chi connectivity index (χ1n) is 8.37. The summed E-state index contributed by atoms with van der Waals surface area (Å²) < 4.78 is 7.35. The summed E-state index contributed by atoms with van der Waals surface area (Å²) in [6.07, 6.45) is 0. The van der Waals surface area contributed by atoms with E-state index in [4.69, 9.17) is 4.52 Å². The Morgan fingerprint density at radius 3 is 2.89 bits per heavy atom. The smallest absolute Gasteiger partial charge is 0.261 e. The van der Waals surface area contributed by atoms with E-state index in [1.165, 1.54) is 0 Å². The standard InChI is InChI=1S/C18H17N5O2S2/c1-3-23-16(13-5-4-8-27-13)20-21-17(23)14(26)15-19-18(25-22-15)11-9-10(2)6-7-12(11)24/h4-9,14,24,26H,3H2,1-2H3. The fraction of sp³-hybridized carbons (Fsp3) is 0.222. The quantitative estimate of drug-likeness (QED) is 0.491. The average Bonchev–Trinajstić information content (AvgIpc) is 3.42. The van der Waals surface area contributed by atoms with E-state index < -0.39 is 5.25 Å². The number of thiophene rings is 1. The molecule has 0 fully saturated rings. The topological polar surface area (TPSA) is 89.9 Å². The minimum atomic E-state index is -0.504. The molecule has 9 heteroatoms. The molecule has 0 amide bonds. The normalized spacial score (nSPS) is 12.4. The van der Waals surface area contributed by atoms with Crippen LogP contribution in [0.5, 0.6) is 5.75 Å². The molecule has 0 aliphatic heterocycles. The fourth-order valence-electron chi connectivity index (χ4n) is 2.81. The molecule has 0 aliphatic rings. The summed E-state index contributed by atoms with van der Waals surface area (Å²) in [4.78, 5) is 5.45. The molecule has 1 N–H and O–H groups in total. The van der Waals surface area contributed by atoms with Crippen molar-refractivity contribution in [2.24, 2.45) is 0 Å². The van der Waals surface area contributed by atoms with Crippen molar-refractivity contribution in [3.8, 4) is 27.9 Å². The number of benzene rings is 1. The fourth-order valence-corrected chi connectivity index (χ4v) is 3.82. The maximum atomic E-state index is 10.1. The van der Waals surface area contributed by atoms with Gasteiger partial charge in [0.05, 0.1) is 10.4 Å². The number of hydrogen-bond donors (Lipinski definition) is 2. The minimum Gasteiger partial charge on any atom is -0.507 e. The highest BCUT2D eigenvalue weighted by Gasteiger charge is 2.25. The molecule has 0 spiro atoms. The number of phenols is 1. The van der Waals surface area contributed by atoms with Gasteiger partial charge in [-0.15, -0.1) is 21.5 Å². The number of nitrogens with zero attached hydrogens (tertiary/aromatic N) is 5. The summed E-state index contributed by atoms with van der Waals surface area (Å²) >= 11 is 6.25. The minimum absolute atomic E-state index is 0.0863. The van der Waals surface area contributed by atoms with E-state index in [2.05, 4.69) is 33.0 Å². The summed E-state index contributed by atoms with van der Waals surface area (Å²) in [6, 6.07) is 9.20. The molecular weight excluding hydrogens is 382 g/mol. The monoisotopic (exact) mass is 399 g/mol.